The zero-order chi connectivity index (χ0) is 16.8. The van der Waals surface area contributed by atoms with E-state index < -0.39 is 6.09 Å². The number of nitrogens with zero attached hydrogens (tertiary/aromatic N) is 2. The molecule has 0 radical (unpaired) electrons. The van der Waals surface area contributed by atoms with Gasteiger partial charge in [-0.3, -0.25) is 14.6 Å². The maximum Gasteiger partial charge on any atom is 0.410 e. The van der Waals surface area contributed by atoms with E-state index in [9.17, 15) is 9.59 Å². The van der Waals surface area contributed by atoms with Crippen molar-refractivity contribution in [3.63, 3.8) is 0 Å². The highest BCUT2D eigenvalue weighted by Gasteiger charge is 2.26. The Morgan fingerprint density at radius 1 is 1.12 bits per heavy atom. The molecule has 1 atom stereocenters. The minimum atomic E-state index is -0.402. The number of ether oxygens (including phenoxy) is 1. The van der Waals surface area contributed by atoms with E-state index in [4.69, 9.17) is 4.74 Å². The fourth-order valence-corrected chi connectivity index (χ4v) is 3.37. The standard InChI is InChI=1S/C18H25N3O3/c22-17(14-21-11-12-24-18(21)23)19-13-16(15-7-3-1-4-8-15)20-9-5-2-6-10-20/h1,3-4,7-8,16H,2,5-6,9-14H2,(H,19,22)/t16-/m0/s1. The van der Waals surface area contributed by atoms with Gasteiger partial charge in [-0.05, 0) is 31.5 Å². The molecule has 0 spiro atoms. The minimum Gasteiger partial charge on any atom is -0.448 e. The topological polar surface area (TPSA) is 61.9 Å². The Morgan fingerprint density at radius 3 is 2.54 bits per heavy atom. The normalized spacial score (nSPS) is 19.8. The number of cyclic esters (lactones) is 1. The van der Waals surface area contributed by atoms with E-state index in [-0.39, 0.29) is 18.5 Å². The maximum absolute atomic E-state index is 12.2. The van der Waals surface area contributed by atoms with Crippen molar-refractivity contribution in [2.75, 3.05) is 39.3 Å². The van der Waals surface area contributed by atoms with Crippen LogP contribution in [-0.2, 0) is 9.53 Å². The van der Waals surface area contributed by atoms with Crippen LogP contribution in [-0.4, -0.2) is 61.1 Å². The van der Waals surface area contributed by atoms with Gasteiger partial charge in [-0.2, -0.15) is 0 Å². The molecule has 6 nitrogen and oxygen atoms in total. The summed E-state index contributed by atoms with van der Waals surface area (Å²) in [4.78, 5) is 27.5. The van der Waals surface area contributed by atoms with E-state index in [0.717, 1.165) is 13.1 Å². The highest BCUT2D eigenvalue weighted by molar-refractivity contribution is 5.82. The molecule has 24 heavy (non-hydrogen) atoms. The molecule has 0 aromatic heterocycles. The Kier molecular flexibility index (Phi) is 5.69. The van der Waals surface area contributed by atoms with Crippen LogP contribution in [0.4, 0.5) is 4.79 Å². The highest BCUT2D eigenvalue weighted by atomic mass is 16.6. The number of nitrogens with one attached hydrogen (secondary N) is 1. The van der Waals surface area contributed by atoms with Gasteiger partial charge >= 0.3 is 6.09 Å². The van der Waals surface area contributed by atoms with Crippen LogP contribution < -0.4 is 5.32 Å². The molecule has 1 aromatic carbocycles. The van der Waals surface area contributed by atoms with E-state index in [1.165, 1.54) is 29.7 Å². The molecule has 130 valence electrons. The first-order valence-electron chi connectivity index (χ1n) is 8.71. The maximum atomic E-state index is 12.2. The van der Waals surface area contributed by atoms with Gasteiger partial charge in [-0.1, -0.05) is 36.8 Å². The van der Waals surface area contributed by atoms with Gasteiger partial charge in [0, 0.05) is 6.54 Å². The Hall–Kier alpha value is -2.08. The Morgan fingerprint density at radius 2 is 1.88 bits per heavy atom. The number of rotatable bonds is 6. The first kappa shape index (κ1) is 16.8. The van der Waals surface area contributed by atoms with Crippen LogP contribution in [0.25, 0.3) is 0 Å². The number of benzene rings is 1. The Bertz CT molecular complexity index is 558. The summed E-state index contributed by atoms with van der Waals surface area (Å²) in [6.07, 6.45) is 3.29. The molecule has 3 rings (SSSR count). The smallest absolute Gasteiger partial charge is 0.410 e. The molecule has 2 aliphatic heterocycles. The van der Waals surface area contributed by atoms with Crippen LogP contribution >= 0.6 is 0 Å². The number of hydrogen-bond acceptors (Lipinski definition) is 4. The molecule has 0 bridgehead atoms. The molecule has 2 heterocycles. The molecule has 6 heteroatoms. The lowest BCUT2D eigenvalue weighted by Gasteiger charge is -2.35. The van der Waals surface area contributed by atoms with Crippen LogP contribution in [0.3, 0.4) is 0 Å². The van der Waals surface area contributed by atoms with Crippen molar-refractivity contribution in [2.24, 2.45) is 0 Å². The summed E-state index contributed by atoms with van der Waals surface area (Å²) in [5.74, 6) is -0.133. The van der Waals surface area contributed by atoms with E-state index >= 15 is 0 Å². The quantitative estimate of drug-likeness (QED) is 0.863. The second-order valence-corrected chi connectivity index (χ2v) is 6.36. The molecule has 2 aliphatic rings. The number of hydrogen-bond donors (Lipinski definition) is 1. The van der Waals surface area contributed by atoms with Crippen molar-refractivity contribution in [3.8, 4) is 0 Å². The van der Waals surface area contributed by atoms with E-state index in [0.29, 0.717) is 19.7 Å². The first-order valence-corrected chi connectivity index (χ1v) is 8.71. The highest BCUT2D eigenvalue weighted by Crippen LogP contribution is 2.24. The average Bonchev–Trinajstić information content (AvgIpc) is 3.02. The second-order valence-electron chi connectivity index (χ2n) is 6.36. The van der Waals surface area contributed by atoms with E-state index in [2.05, 4.69) is 22.3 Å². The molecule has 2 amide bonds. The van der Waals surface area contributed by atoms with Gasteiger partial charge in [0.25, 0.3) is 0 Å². The number of amides is 2. The van der Waals surface area contributed by atoms with Crippen molar-refractivity contribution in [1.82, 2.24) is 15.1 Å². The van der Waals surface area contributed by atoms with E-state index in [1.807, 2.05) is 18.2 Å². The molecule has 2 fully saturated rings. The zero-order valence-corrected chi connectivity index (χ0v) is 13.9. The molecule has 0 unspecified atom stereocenters. The van der Waals surface area contributed by atoms with Gasteiger partial charge in [0.1, 0.15) is 13.2 Å². The van der Waals surface area contributed by atoms with Crippen LogP contribution in [0, 0.1) is 0 Å². The van der Waals surface area contributed by atoms with Gasteiger partial charge in [0.2, 0.25) is 5.91 Å². The third-order valence-corrected chi connectivity index (χ3v) is 4.69. The number of piperidine rings is 1. The van der Waals surface area contributed by atoms with Crippen LogP contribution in [0.15, 0.2) is 30.3 Å². The predicted molar refractivity (Wildman–Crippen MR) is 90.5 cm³/mol. The van der Waals surface area contributed by atoms with Crippen LogP contribution in [0.5, 0.6) is 0 Å². The average molecular weight is 331 g/mol. The van der Waals surface area contributed by atoms with Crippen molar-refractivity contribution in [2.45, 2.75) is 25.3 Å². The van der Waals surface area contributed by atoms with Crippen molar-refractivity contribution in [3.05, 3.63) is 35.9 Å². The lowest BCUT2D eigenvalue weighted by atomic mass is 10.0. The van der Waals surface area contributed by atoms with Gasteiger partial charge in [-0.15, -0.1) is 0 Å². The van der Waals surface area contributed by atoms with Gasteiger partial charge in [0.05, 0.1) is 12.6 Å². The Balaban J connectivity index is 1.59. The van der Waals surface area contributed by atoms with Gasteiger partial charge in [-0.25, -0.2) is 4.79 Å². The SMILES string of the molecule is O=C(CN1CCOC1=O)NC[C@@H](c1ccccc1)N1CCCCC1. The summed E-state index contributed by atoms with van der Waals surface area (Å²) in [5, 5.41) is 3.00. The fourth-order valence-electron chi connectivity index (χ4n) is 3.37. The van der Waals surface area contributed by atoms with Crippen LogP contribution in [0.1, 0.15) is 30.9 Å². The van der Waals surface area contributed by atoms with Crippen molar-refractivity contribution >= 4 is 12.0 Å². The predicted octanol–water partition coefficient (Wildman–Crippen LogP) is 1.78. The van der Waals surface area contributed by atoms with Crippen molar-refractivity contribution in [1.29, 1.82) is 0 Å². The molecule has 0 aliphatic carbocycles. The zero-order valence-electron chi connectivity index (χ0n) is 13.9. The molecule has 0 saturated carbocycles. The largest absolute Gasteiger partial charge is 0.448 e. The third kappa shape index (κ3) is 4.26. The number of carbonyl (C=O) groups excluding carboxylic acids is 2. The Labute approximate surface area is 142 Å². The third-order valence-electron chi connectivity index (χ3n) is 4.69. The molecular formula is C18H25N3O3. The number of carbonyl (C=O) groups is 2. The summed E-state index contributed by atoms with van der Waals surface area (Å²) in [6, 6.07) is 10.5. The fraction of sp³-hybridized carbons (Fsp3) is 0.556. The molecule has 1 N–H and O–H groups in total. The van der Waals surface area contributed by atoms with Gasteiger partial charge < -0.3 is 10.1 Å². The number of likely N-dealkylation sites (tertiary alicyclic amines) is 1. The lowest BCUT2D eigenvalue weighted by Crippen LogP contribution is -2.43. The first-order chi connectivity index (χ1) is 11.7. The summed E-state index contributed by atoms with van der Waals surface area (Å²) >= 11 is 0. The summed E-state index contributed by atoms with van der Waals surface area (Å²) in [6.45, 7) is 3.61. The molecular weight excluding hydrogens is 306 g/mol. The van der Waals surface area contributed by atoms with Crippen molar-refractivity contribution < 1.29 is 14.3 Å². The van der Waals surface area contributed by atoms with E-state index in [1.54, 1.807) is 0 Å². The molecule has 1 aromatic rings. The monoisotopic (exact) mass is 331 g/mol. The summed E-state index contributed by atoms with van der Waals surface area (Å²) in [5.41, 5.74) is 1.22. The van der Waals surface area contributed by atoms with Gasteiger partial charge in [0.15, 0.2) is 0 Å². The summed E-state index contributed by atoms with van der Waals surface area (Å²) < 4.78 is 4.86. The van der Waals surface area contributed by atoms with Crippen LogP contribution in [0.2, 0.25) is 0 Å². The summed E-state index contributed by atoms with van der Waals surface area (Å²) in [7, 11) is 0. The second kappa shape index (κ2) is 8.15. The molecule has 2 saturated heterocycles. The minimum absolute atomic E-state index is 0.0698. The lowest BCUT2D eigenvalue weighted by molar-refractivity contribution is -0.121.